The first-order chi connectivity index (χ1) is 13.2. The zero-order valence-electron chi connectivity index (χ0n) is 16.1. The van der Waals surface area contributed by atoms with E-state index in [1.807, 2.05) is 0 Å². The van der Waals surface area contributed by atoms with Crippen molar-refractivity contribution in [2.75, 3.05) is 11.9 Å². The molecule has 1 saturated heterocycles. The van der Waals surface area contributed by atoms with Crippen molar-refractivity contribution in [3.8, 4) is 0 Å². The molecule has 1 aromatic rings. The van der Waals surface area contributed by atoms with Crippen molar-refractivity contribution in [2.24, 2.45) is 0 Å². The smallest absolute Gasteiger partial charge is 0.303 e. The Balaban J connectivity index is 2.30. The molecule has 28 heavy (non-hydrogen) atoms. The average molecular weight is 393 g/mol. The number of amides is 1. The van der Waals surface area contributed by atoms with Gasteiger partial charge < -0.3 is 19.5 Å². The van der Waals surface area contributed by atoms with E-state index < -0.39 is 42.2 Å². The minimum atomic E-state index is -0.860. The predicted octanol–water partition coefficient (Wildman–Crippen LogP) is 0.479. The molecule has 0 aliphatic carbocycles. The lowest BCUT2D eigenvalue weighted by Gasteiger charge is -2.24. The van der Waals surface area contributed by atoms with Crippen LogP contribution in [0.2, 0.25) is 0 Å². The second-order valence-electron chi connectivity index (χ2n) is 6.36. The van der Waals surface area contributed by atoms with Crippen LogP contribution in [0.15, 0.2) is 18.3 Å². The molecule has 1 amide bonds. The van der Waals surface area contributed by atoms with Crippen LogP contribution in [0.3, 0.4) is 0 Å². The van der Waals surface area contributed by atoms with Crippen molar-refractivity contribution < 1.29 is 33.4 Å². The number of nitrogens with one attached hydrogen (secondary N) is 2. The van der Waals surface area contributed by atoms with Gasteiger partial charge in [0.2, 0.25) is 5.91 Å². The first kappa shape index (κ1) is 21.3. The fraction of sp³-hybridized carbons (Fsp3) is 0.500. The molecule has 2 N–H and O–H groups in total. The maximum absolute atomic E-state index is 11.6. The van der Waals surface area contributed by atoms with Crippen molar-refractivity contribution >= 4 is 29.6 Å². The highest BCUT2D eigenvalue weighted by molar-refractivity contribution is 5.87. The zero-order chi connectivity index (χ0) is 20.8. The Morgan fingerprint density at radius 3 is 2.14 bits per heavy atom. The topological polar surface area (TPSA) is 133 Å². The quantitative estimate of drug-likeness (QED) is 0.523. The Morgan fingerprint density at radius 2 is 1.64 bits per heavy atom. The standard InChI is InChI=1S/C18H23N3O7/c1-9(22)20-15-6-5-13(7-19-15)16-18(28-12(4)25)17(27-11(3)24)14(21-16)8-26-10(2)23/h5-7,14,16-18,21H,8H2,1-4H3,(H,19,20,22)/t14-,16+,17-,18+/m1/s1. The van der Waals surface area contributed by atoms with Gasteiger partial charge in [0.25, 0.3) is 0 Å². The molecule has 2 rings (SSSR count). The average Bonchev–Trinajstić information content (AvgIpc) is 2.90. The SMILES string of the molecule is CC(=O)Nc1ccc([C@@H]2N[C@H](COC(C)=O)[C@@H](OC(C)=O)[C@H]2OC(C)=O)cn1. The van der Waals surface area contributed by atoms with E-state index >= 15 is 0 Å². The number of ether oxygens (including phenoxy) is 3. The summed E-state index contributed by atoms with van der Waals surface area (Å²) in [5.41, 5.74) is 0.642. The van der Waals surface area contributed by atoms with Crippen LogP contribution >= 0.6 is 0 Å². The summed E-state index contributed by atoms with van der Waals surface area (Å²) in [4.78, 5) is 49.6. The molecule has 0 unspecified atom stereocenters. The molecule has 10 heteroatoms. The fourth-order valence-corrected chi connectivity index (χ4v) is 2.99. The van der Waals surface area contributed by atoms with Crippen LogP contribution in [0, 0.1) is 0 Å². The third-order valence-electron chi connectivity index (χ3n) is 3.96. The molecule has 0 saturated carbocycles. The number of carbonyl (C=O) groups is 4. The highest BCUT2D eigenvalue weighted by Crippen LogP contribution is 2.32. The van der Waals surface area contributed by atoms with Crippen molar-refractivity contribution in [1.82, 2.24) is 10.3 Å². The summed E-state index contributed by atoms with van der Waals surface area (Å²) in [6.45, 7) is 5.05. The minimum absolute atomic E-state index is 0.0705. The molecule has 0 radical (unpaired) electrons. The highest BCUT2D eigenvalue weighted by Gasteiger charge is 2.48. The number of hydrogen-bond acceptors (Lipinski definition) is 9. The highest BCUT2D eigenvalue weighted by atomic mass is 16.6. The third-order valence-corrected chi connectivity index (χ3v) is 3.96. The van der Waals surface area contributed by atoms with Crippen LogP contribution in [0.4, 0.5) is 5.82 Å². The maximum atomic E-state index is 11.6. The van der Waals surface area contributed by atoms with Crippen LogP contribution in [0.1, 0.15) is 39.3 Å². The van der Waals surface area contributed by atoms with E-state index in [0.29, 0.717) is 11.4 Å². The summed E-state index contributed by atoms with van der Waals surface area (Å²) in [6.07, 6.45) is -0.200. The fourth-order valence-electron chi connectivity index (χ4n) is 2.99. The van der Waals surface area contributed by atoms with Crippen molar-refractivity contribution in [3.05, 3.63) is 23.9 Å². The van der Waals surface area contributed by atoms with Crippen LogP contribution in [-0.4, -0.2) is 53.7 Å². The Morgan fingerprint density at radius 1 is 1.00 bits per heavy atom. The van der Waals surface area contributed by atoms with Gasteiger partial charge in [0, 0.05) is 33.9 Å². The lowest BCUT2D eigenvalue weighted by atomic mass is 10.0. The number of anilines is 1. The molecule has 0 aromatic carbocycles. The Labute approximate surface area is 161 Å². The maximum Gasteiger partial charge on any atom is 0.303 e. The monoisotopic (exact) mass is 393 g/mol. The van der Waals surface area contributed by atoms with E-state index in [4.69, 9.17) is 14.2 Å². The predicted molar refractivity (Wildman–Crippen MR) is 95.9 cm³/mol. The van der Waals surface area contributed by atoms with Gasteiger partial charge in [-0.1, -0.05) is 6.07 Å². The molecular formula is C18H23N3O7. The largest absolute Gasteiger partial charge is 0.464 e. The molecule has 4 atom stereocenters. The third kappa shape index (κ3) is 5.74. The molecule has 1 fully saturated rings. The number of aromatic nitrogens is 1. The summed E-state index contributed by atoms with van der Waals surface area (Å²) >= 11 is 0. The van der Waals surface area contributed by atoms with E-state index in [1.165, 1.54) is 33.9 Å². The zero-order valence-corrected chi connectivity index (χ0v) is 16.1. The van der Waals surface area contributed by atoms with Crippen molar-refractivity contribution in [1.29, 1.82) is 0 Å². The Bertz CT molecular complexity index is 750. The minimum Gasteiger partial charge on any atom is -0.464 e. The molecule has 1 aromatic heterocycles. The van der Waals surface area contributed by atoms with Gasteiger partial charge in [-0.2, -0.15) is 0 Å². The van der Waals surface area contributed by atoms with Crippen molar-refractivity contribution in [3.63, 3.8) is 0 Å². The Kier molecular flexibility index (Phi) is 7.05. The van der Waals surface area contributed by atoms with E-state index in [2.05, 4.69) is 15.6 Å². The van der Waals surface area contributed by atoms with Gasteiger partial charge >= 0.3 is 17.9 Å². The summed E-state index contributed by atoms with van der Waals surface area (Å²) in [5.74, 6) is -1.49. The molecule has 1 aliphatic rings. The summed E-state index contributed by atoms with van der Waals surface area (Å²) in [5, 5.41) is 5.73. The first-order valence-electron chi connectivity index (χ1n) is 8.64. The van der Waals surface area contributed by atoms with Gasteiger partial charge in [0.15, 0.2) is 12.2 Å². The van der Waals surface area contributed by atoms with Gasteiger partial charge in [0.05, 0.1) is 12.1 Å². The normalized spacial score (nSPS) is 23.6. The van der Waals surface area contributed by atoms with Gasteiger partial charge in [-0.15, -0.1) is 0 Å². The first-order valence-corrected chi connectivity index (χ1v) is 8.64. The van der Waals surface area contributed by atoms with E-state index in [0.717, 1.165) is 0 Å². The molecule has 0 spiro atoms. The molecule has 152 valence electrons. The van der Waals surface area contributed by atoms with Gasteiger partial charge in [-0.25, -0.2) is 4.98 Å². The van der Waals surface area contributed by atoms with Gasteiger partial charge in [-0.05, 0) is 11.6 Å². The number of nitrogens with zero attached hydrogens (tertiary/aromatic N) is 1. The van der Waals surface area contributed by atoms with Gasteiger partial charge in [0.1, 0.15) is 12.4 Å². The second kappa shape index (κ2) is 9.27. The van der Waals surface area contributed by atoms with Crippen LogP contribution < -0.4 is 10.6 Å². The second-order valence-corrected chi connectivity index (χ2v) is 6.36. The summed E-state index contributed by atoms with van der Waals surface area (Å²) in [6, 6.07) is 2.15. The number of hydrogen-bond donors (Lipinski definition) is 2. The van der Waals surface area contributed by atoms with Crippen LogP contribution in [-0.2, 0) is 33.4 Å². The van der Waals surface area contributed by atoms with Crippen LogP contribution in [0.5, 0.6) is 0 Å². The number of pyridine rings is 1. The van der Waals surface area contributed by atoms with E-state index in [9.17, 15) is 19.2 Å². The molecular weight excluding hydrogens is 370 g/mol. The molecule has 2 heterocycles. The number of rotatable bonds is 6. The molecule has 0 bridgehead atoms. The lowest BCUT2D eigenvalue weighted by molar-refractivity contribution is -0.165. The summed E-state index contributed by atoms with van der Waals surface area (Å²) < 4.78 is 15.8. The van der Waals surface area contributed by atoms with Crippen LogP contribution in [0.25, 0.3) is 0 Å². The van der Waals surface area contributed by atoms with E-state index in [-0.39, 0.29) is 12.5 Å². The number of carbonyl (C=O) groups excluding carboxylic acids is 4. The number of esters is 3. The summed E-state index contributed by atoms with van der Waals surface area (Å²) in [7, 11) is 0. The lowest BCUT2D eigenvalue weighted by Crippen LogP contribution is -2.41. The van der Waals surface area contributed by atoms with Gasteiger partial charge in [-0.3, -0.25) is 24.5 Å². The Hall–Kier alpha value is -3.01. The molecule has 1 aliphatic heterocycles. The molecule has 10 nitrogen and oxygen atoms in total. The van der Waals surface area contributed by atoms with E-state index in [1.54, 1.807) is 12.1 Å². The van der Waals surface area contributed by atoms with Crippen molar-refractivity contribution in [2.45, 2.75) is 52.0 Å².